The van der Waals surface area contributed by atoms with E-state index in [0.29, 0.717) is 47.3 Å². The maximum atomic E-state index is 12.7. The van der Waals surface area contributed by atoms with Gasteiger partial charge in [0.2, 0.25) is 11.8 Å². The number of hydrogen-bond acceptors (Lipinski definition) is 9. The van der Waals surface area contributed by atoms with Crippen LogP contribution in [0.3, 0.4) is 0 Å². The monoisotopic (exact) mass is 488 g/mol. The molecule has 0 spiro atoms. The van der Waals surface area contributed by atoms with E-state index in [4.69, 9.17) is 21.1 Å². The fraction of sp³-hybridized carbons (Fsp3) is 0.318. The van der Waals surface area contributed by atoms with Crippen molar-refractivity contribution < 1.29 is 14.0 Å². The molecule has 1 fully saturated rings. The third kappa shape index (κ3) is 5.55. The van der Waals surface area contributed by atoms with Crippen molar-refractivity contribution in [3.05, 3.63) is 47.7 Å². The number of morpholine rings is 1. The number of para-hydroxylation sites is 1. The smallest absolute Gasteiger partial charge is 0.237 e. The van der Waals surface area contributed by atoms with Crippen LogP contribution in [-0.2, 0) is 9.30 Å². The molecule has 1 aliphatic rings. The summed E-state index contributed by atoms with van der Waals surface area (Å²) < 4.78 is 23.6. The first-order valence-corrected chi connectivity index (χ1v) is 13.4. The number of hydrogen-bond donors (Lipinski definition) is 2. The average molecular weight is 489 g/mol. The minimum atomic E-state index is -2.51. The second-order valence-corrected chi connectivity index (χ2v) is 11.4. The normalized spacial score (nSPS) is 14.1. The lowest BCUT2D eigenvalue weighted by Crippen LogP contribution is -2.36. The lowest BCUT2D eigenvalue weighted by atomic mass is 10.3. The highest BCUT2D eigenvalue weighted by atomic mass is 35.5. The standard InChI is InChI=1S/C22H26ClN6O3P/c1-31-21-18(12-15(13-24-21)29-8-10-32-11-9-29)27-22-25-14-16(23)20(28-22)26-17-6-4-5-7-19(17)33(2,3)30/h4-7,12-14H,8-11H2,1-3H3,(H2,25,26,27,28). The molecular weight excluding hydrogens is 463 g/mol. The summed E-state index contributed by atoms with van der Waals surface area (Å²) in [6, 6.07) is 9.35. The molecule has 2 N–H and O–H groups in total. The molecule has 1 aromatic carbocycles. The molecular formula is C22H26ClN6O3P. The Morgan fingerprint density at radius 1 is 1.09 bits per heavy atom. The Kier molecular flexibility index (Phi) is 7.02. The number of benzene rings is 1. The molecule has 0 aliphatic carbocycles. The van der Waals surface area contributed by atoms with E-state index in [1.165, 1.54) is 6.20 Å². The van der Waals surface area contributed by atoms with Gasteiger partial charge in [0.1, 0.15) is 17.9 Å². The summed E-state index contributed by atoms with van der Waals surface area (Å²) >= 11 is 6.36. The van der Waals surface area contributed by atoms with Gasteiger partial charge >= 0.3 is 0 Å². The van der Waals surface area contributed by atoms with Crippen molar-refractivity contribution in [2.24, 2.45) is 0 Å². The van der Waals surface area contributed by atoms with Crippen molar-refractivity contribution in [3.8, 4) is 5.88 Å². The van der Waals surface area contributed by atoms with Crippen LogP contribution in [0.5, 0.6) is 5.88 Å². The lowest BCUT2D eigenvalue weighted by Gasteiger charge is -2.29. The van der Waals surface area contributed by atoms with Crippen molar-refractivity contribution in [1.82, 2.24) is 15.0 Å². The molecule has 0 atom stereocenters. The summed E-state index contributed by atoms with van der Waals surface area (Å²) in [5, 5.41) is 7.44. The Hall–Kier alpha value is -2.87. The van der Waals surface area contributed by atoms with Crippen molar-refractivity contribution in [3.63, 3.8) is 0 Å². The molecule has 0 unspecified atom stereocenters. The van der Waals surface area contributed by atoms with E-state index in [9.17, 15) is 4.57 Å². The molecule has 0 bridgehead atoms. The van der Waals surface area contributed by atoms with Crippen molar-refractivity contribution in [2.45, 2.75) is 0 Å². The summed E-state index contributed by atoms with van der Waals surface area (Å²) in [7, 11) is -0.949. The molecule has 0 amide bonds. The zero-order chi connectivity index (χ0) is 23.4. The van der Waals surface area contributed by atoms with E-state index in [1.807, 2.05) is 30.3 Å². The number of halogens is 1. The number of aromatic nitrogens is 3. The van der Waals surface area contributed by atoms with Gasteiger partial charge in [-0.05, 0) is 31.5 Å². The Morgan fingerprint density at radius 3 is 2.58 bits per heavy atom. The van der Waals surface area contributed by atoms with E-state index < -0.39 is 7.14 Å². The Labute approximate surface area is 197 Å². The predicted octanol–water partition coefficient (Wildman–Crippen LogP) is 4.11. The van der Waals surface area contributed by atoms with Crippen LogP contribution in [-0.4, -0.2) is 61.7 Å². The Morgan fingerprint density at radius 2 is 1.85 bits per heavy atom. The summed E-state index contributed by atoms with van der Waals surface area (Å²) in [5.41, 5.74) is 2.26. The third-order valence-corrected chi connectivity index (χ3v) is 6.96. The second kappa shape index (κ2) is 9.95. The van der Waals surface area contributed by atoms with Gasteiger partial charge in [-0.25, -0.2) is 9.97 Å². The second-order valence-electron chi connectivity index (χ2n) is 7.86. The minimum Gasteiger partial charge on any atom is -0.480 e. The maximum absolute atomic E-state index is 12.7. The Balaban J connectivity index is 1.62. The van der Waals surface area contributed by atoms with Crippen LogP contribution >= 0.6 is 18.7 Å². The number of anilines is 5. The van der Waals surface area contributed by atoms with Crippen molar-refractivity contribution >= 4 is 52.9 Å². The number of rotatable bonds is 7. The molecule has 4 rings (SSSR count). The van der Waals surface area contributed by atoms with E-state index in [0.717, 1.165) is 24.1 Å². The molecule has 33 heavy (non-hydrogen) atoms. The van der Waals surface area contributed by atoms with Gasteiger partial charge in [0.25, 0.3) is 0 Å². The summed E-state index contributed by atoms with van der Waals surface area (Å²) in [4.78, 5) is 15.4. The topological polar surface area (TPSA) is 102 Å². The van der Waals surface area contributed by atoms with Crippen LogP contribution < -0.4 is 25.6 Å². The van der Waals surface area contributed by atoms with E-state index in [2.05, 4.69) is 30.5 Å². The highest BCUT2D eigenvalue weighted by Crippen LogP contribution is 2.38. The van der Waals surface area contributed by atoms with Crippen LogP contribution in [0.1, 0.15) is 0 Å². The Bertz CT molecular complexity index is 1180. The largest absolute Gasteiger partial charge is 0.480 e. The highest BCUT2D eigenvalue weighted by molar-refractivity contribution is 7.70. The molecule has 1 aliphatic heterocycles. The number of nitrogens with one attached hydrogen (secondary N) is 2. The molecule has 9 nitrogen and oxygen atoms in total. The first-order valence-electron chi connectivity index (χ1n) is 10.4. The highest BCUT2D eigenvalue weighted by Gasteiger charge is 2.18. The first-order chi connectivity index (χ1) is 15.8. The van der Waals surface area contributed by atoms with Crippen LogP contribution in [0.15, 0.2) is 42.7 Å². The van der Waals surface area contributed by atoms with E-state index in [1.54, 1.807) is 26.6 Å². The number of pyridine rings is 1. The molecule has 0 saturated carbocycles. The zero-order valence-electron chi connectivity index (χ0n) is 18.7. The molecule has 1 saturated heterocycles. The molecule has 3 aromatic rings. The van der Waals surface area contributed by atoms with E-state index >= 15 is 0 Å². The number of methoxy groups -OCH3 is 1. The van der Waals surface area contributed by atoms with Crippen molar-refractivity contribution in [2.75, 3.05) is 62.3 Å². The van der Waals surface area contributed by atoms with Crippen LogP contribution in [0.4, 0.5) is 28.8 Å². The van der Waals surface area contributed by atoms with E-state index in [-0.39, 0.29) is 0 Å². The maximum Gasteiger partial charge on any atom is 0.237 e. The molecule has 2 aromatic heterocycles. The van der Waals surface area contributed by atoms with Crippen molar-refractivity contribution in [1.29, 1.82) is 0 Å². The average Bonchev–Trinajstić information content (AvgIpc) is 2.81. The molecule has 3 heterocycles. The van der Waals surface area contributed by atoms with Gasteiger partial charge < -0.3 is 29.6 Å². The fourth-order valence-corrected chi connectivity index (χ4v) is 4.79. The lowest BCUT2D eigenvalue weighted by molar-refractivity contribution is 0.122. The third-order valence-electron chi connectivity index (χ3n) is 5.13. The van der Waals surface area contributed by atoms with Gasteiger partial charge in [0, 0.05) is 18.4 Å². The van der Waals surface area contributed by atoms with Gasteiger partial charge in [-0.15, -0.1) is 0 Å². The first kappa shape index (κ1) is 23.3. The quantitative estimate of drug-likeness (QED) is 0.476. The molecule has 174 valence electrons. The van der Waals surface area contributed by atoms with Crippen LogP contribution in [0.2, 0.25) is 5.02 Å². The predicted molar refractivity (Wildman–Crippen MR) is 133 cm³/mol. The summed E-state index contributed by atoms with van der Waals surface area (Å²) in [5.74, 6) is 1.13. The van der Waals surface area contributed by atoms with Crippen LogP contribution in [0, 0.1) is 0 Å². The van der Waals surface area contributed by atoms with Gasteiger partial charge in [-0.1, -0.05) is 23.7 Å². The van der Waals surface area contributed by atoms with Gasteiger partial charge in [-0.3, -0.25) is 0 Å². The molecule has 0 radical (unpaired) electrons. The SMILES string of the molecule is COc1ncc(N2CCOCC2)cc1Nc1ncc(Cl)c(Nc2ccccc2P(C)(C)=O)n1. The summed E-state index contributed by atoms with van der Waals surface area (Å²) in [6.45, 7) is 6.38. The van der Waals surface area contributed by atoms with Crippen LogP contribution in [0.25, 0.3) is 0 Å². The molecule has 11 heteroatoms. The number of ether oxygens (including phenoxy) is 2. The number of nitrogens with zero attached hydrogens (tertiary/aromatic N) is 4. The fourth-order valence-electron chi connectivity index (χ4n) is 3.50. The van der Waals surface area contributed by atoms with Gasteiger partial charge in [-0.2, -0.15) is 4.98 Å². The minimum absolute atomic E-state index is 0.315. The van der Waals surface area contributed by atoms with Gasteiger partial charge in [0.15, 0.2) is 5.82 Å². The van der Waals surface area contributed by atoms with Gasteiger partial charge in [0.05, 0.1) is 44.1 Å². The summed E-state index contributed by atoms with van der Waals surface area (Å²) in [6.07, 6.45) is 3.28. The zero-order valence-corrected chi connectivity index (χ0v) is 20.4.